The zero-order valence-corrected chi connectivity index (χ0v) is 11.5. The SMILES string of the molecule is Cl.NCC(c1cnc(C(F)(F)F)nc1)N1CCOCC1. The molecule has 1 aromatic rings. The minimum atomic E-state index is -4.52. The highest BCUT2D eigenvalue weighted by atomic mass is 35.5. The van der Waals surface area contributed by atoms with Gasteiger partial charge in [-0.3, -0.25) is 4.90 Å². The average molecular weight is 313 g/mol. The molecule has 0 aromatic carbocycles. The molecule has 1 aromatic heterocycles. The lowest BCUT2D eigenvalue weighted by atomic mass is 10.1. The van der Waals surface area contributed by atoms with Crippen LogP contribution in [-0.2, 0) is 10.9 Å². The number of morpholine rings is 1. The average Bonchev–Trinajstić information content (AvgIpc) is 2.40. The lowest BCUT2D eigenvalue weighted by Crippen LogP contribution is -2.41. The molecule has 1 aliphatic rings. The van der Waals surface area contributed by atoms with E-state index in [1.54, 1.807) is 0 Å². The van der Waals surface area contributed by atoms with Crippen LogP contribution in [0.15, 0.2) is 12.4 Å². The molecule has 1 aliphatic heterocycles. The summed E-state index contributed by atoms with van der Waals surface area (Å²) in [4.78, 5) is 8.79. The van der Waals surface area contributed by atoms with E-state index in [-0.39, 0.29) is 18.4 Å². The van der Waals surface area contributed by atoms with Crippen molar-refractivity contribution in [2.75, 3.05) is 32.8 Å². The van der Waals surface area contributed by atoms with Gasteiger partial charge in [-0.1, -0.05) is 0 Å². The van der Waals surface area contributed by atoms with Crippen molar-refractivity contribution in [2.45, 2.75) is 12.2 Å². The van der Waals surface area contributed by atoms with Gasteiger partial charge in [0.1, 0.15) is 0 Å². The summed E-state index contributed by atoms with van der Waals surface area (Å²) in [6.07, 6.45) is -2.12. The lowest BCUT2D eigenvalue weighted by molar-refractivity contribution is -0.145. The Balaban J connectivity index is 0.00000200. The van der Waals surface area contributed by atoms with E-state index in [0.717, 1.165) is 0 Å². The fourth-order valence-corrected chi connectivity index (χ4v) is 2.04. The fraction of sp³-hybridized carbons (Fsp3) is 0.636. The highest BCUT2D eigenvalue weighted by Gasteiger charge is 2.34. The number of halogens is 4. The molecule has 0 aliphatic carbocycles. The summed E-state index contributed by atoms with van der Waals surface area (Å²) in [6.45, 7) is 2.89. The summed E-state index contributed by atoms with van der Waals surface area (Å²) in [5.41, 5.74) is 6.29. The molecule has 5 nitrogen and oxygen atoms in total. The standard InChI is InChI=1S/C11H15F3N4O.ClH/c12-11(13,14)10-16-6-8(7-17-10)9(5-15)18-1-3-19-4-2-18;/h6-7,9H,1-5,15H2;1H. The Hall–Kier alpha value is -0.960. The van der Waals surface area contributed by atoms with Gasteiger partial charge in [-0.05, 0) is 0 Å². The first-order valence-electron chi connectivity index (χ1n) is 5.93. The zero-order chi connectivity index (χ0) is 13.9. The van der Waals surface area contributed by atoms with Gasteiger partial charge in [0.25, 0.3) is 0 Å². The van der Waals surface area contributed by atoms with Crippen molar-refractivity contribution in [1.29, 1.82) is 0 Å². The van der Waals surface area contributed by atoms with Crippen LogP contribution in [0.4, 0.5) is 13.2 Å². The van der Waals surface area contributed by atoms with Gasteiger partial charge in [-0.2, -0.15) is 13.2 Å². The van der Waals surface area contributed by atoms with Gasteiger partial charge in [0, 0.05) is 37.6 Å². The molecule has 0 radical (unpaired) electrons. The Morgan fingerprint density at radius 2 is 1.80 bits per heavy atom. The number of nitrogens with two attached hydrogens (primary N) is 1. The number of alkyl halides is 3. The molecule has 1 unspecified atom stereocenters. The van der Waals surface area contributed by atoms with Crippen molar-refractivity contribution < 1.29 is 17.9 Å². The van der Waals surface area contributed by atoms with E-state index < -0.39 is 12.0 Å². The highest BCUT2D eigenvalue weighted by molar-refractivity contribution is 5.85. The molecular weight excluding hydrogens is 297 g/mol. The third kappa shape index (κ3) is 4.02. The molecule has 2 rings (SSSR count). The minimum absolute atomic E-state index is 0. The van der Waals surface area contributed by atoms with Gasteiger partial charge in [-0.15, -0.1) is 12.4 Å². The van der Waals surface area contributed by atoms with Crippen LogP contribution in [0.3, 0.4) is 0 Å². The van der Waals surface area contributed by atoms with Crippen molar-refractivity contribution in [1.82, 2.24) is 14.9 Å². The Morgan fingerprint density at radius 1 is 1.25 bits per heavy atom. The summed E-state index contributed by atoms with van der Waals surface area (Å²) in [5, 5.41) is 0. The maximum Gasteiger partial charge on any atom is 0.451 e. The van der Waals surface area contributed by atoms with Gasteiger partial charge < -0.3 is 10.5 Å². The quantitative estimate of drug-likeness (QED) is 0.910. The van der Waals surface area contributed by atoms with Crippen LogP contribution in [0.5, 0.6) is 0 Å². The summed E-state index contributed by atoms with van der Waals surface area (Å²) < 4.78 is 42.4. The van der Waals surface area contributed by atoms with E-state index in [9.17, 15) is 13.2 Å². The maximum atomic E-state index is 12.4. The molecule has 1 atom stereocenters. The van der Waals surface area contributed by atoms with E-state index in [1.807, 2.05) is 0 Å². The van der Waals surface area contributed by atoms with Gasteiger partial charge in [0.15, 0.2) is 0 Å². The first-order chi connectivity index (χ1) is 9.02. The van der Waals surface area contributed by atoms with Gasteiger partial charge in [0.2, 0.25) is 5.82 Å². The molecule has 2 heterocycles. The molecule has 114 valence electrons. The number of hydrogen-bond acceptors (Lipinski definition) is 5. The van der Waals surface area contributed by atoms with Crippen molar-refractivity contribution in [3.63, 3.8) is 0 Å². The Kier molecular flexibility index (Phi) is 6.12. The largest absolute Gasteiger partial charge is 0.451 e. The Labute approximate surface area is 120 Å². The van der Waals surface area contributed by atoms with Crippen LogP contribution in [0.1, 0.15) is 17.4 Å². The molecule has 9 heteroatoms. The first-order valence-corrected chi connectivity index (χ1v) is 5.93. The lowest BCUT2D eigenvalue weighted by Gasteiger charge is -2.33. The predicted molar refractivity (Wildman–Crippen MR) is 68.5 cm³/mol. The number of aromatic nitrogens is 2. The van der Waals surface area contributed by atoms with Crippen LogP contribution in [0.25, 0.3) is 0 Å². The van der Waals surface area contributed by atoms with Crippen LogP contribution in [0, 0.1) is 0 Å². The minimum Gasteiger partial charge on any atom is -0.379 e. The van der Waals surface area contributed by atoms with E-state index in [1.165, 1.54) is 12.4 Å². The van der Waals surface area contributed by atoms with Crippen LogP contribution in [-0.4, -0.2) is 47.7 Å². The molecule has 0 saturated carbocycles. The van der Waals surface area contributed by atoms with E-state index >= 15 is 0 Å². The fourth-order valence-electron chi connectivity index (χ4n) is 2.04. The van der Waals surface area contributed by atoms with Crippen LogP contribution >= 0.6 is 12.4 Å². The van der Waals surface area contributed by atoms with Crippen molar-refractivity contribution in [2.24, 2.45) is 5.73 Å². The second-order valence-electron chi connectivity index (χ2n) is 4.24. The van der Waals surface area contributed by atoms with E-state index in [2.05, 4.69) is 14.9 Å². The Morgan fingerprint density at radius 3 is 2.25 bits per heavy atom. The third-order valence-corrected chi connectivity index (χ3v) is 3.02. The highest BCUT2D eigenvalue weighted by Crippen LogP contribution is 2.27. The maximum absolute atomic E-state index is 12.4. The number of hydrogen-bond donors (Lipinski definition) is 1. The third-order valence-electron chi connectivity index (χ3n) is 3.02. The molecule has 1 fully saturated rings. The van der Waals surface area contributed by atoms with Crippen LogP contribution in [0.2, 0.25) is 0 Å². The van der Waals surface area contributed by atoms with Crippen LogP contribution < -0.4 is 5.73 Å². The molecule has 20 heavy (non-hydrogen) atoms. The Bertz CT molecular complexity index is 409. The van der Waals surface area contributed by atoms with Gasteiger partial charge in [0.05, 0.1) is 19.3 Å². The number of rotatable bonds is 3. The summed E-state index contributed by atoms with van der Waals surface area (Å²) in [6, 6.07) is -0.175. The second-order valence-corrected chi connectivity index (χ2v) is 4.24. The first kappa shape index (κ1) is 17.1. The summed E-state index contributed by atoms with van der Waals surface area (Å²) in [7, 11) is 0. The van der Waals surface area contributed by atoms with E-state index in [0.29, 0.717) is 38.4 Å². The zero-order valence-electron chi connectivity index (χ0n) is 10.6. The molecule has 0 spiro atoms. The molecule has 1 saturated heterocycles. The monoisotopic (exact) mass is 312 g/mol. The van der Waals surface area contributed by atoms with Crippen molar-refractivity contribution in [3.05, 3.63) is 23.8 Å². The topological polar surface area (TPSA) is 64.3 Å². The summed E-state index contributed by atoms with van der Waals surface area (Å²) >= 11 is 0. The molecule has 2 N–H and O–H groups in total. The van der Waals surface area contributed by atoms with E-state index in [4.69, 9.17) is 10.5 Å². The number of nitrogens with zero attached hydrogens (tertiary/aromatic N) is 3. The van der Waals surface area contributed by atoms with Crippen molar-refractivity contribution >= 4 is 12.4 Å². The smallest absolute Gasteiger partial charge is 0.379 e. The molecular formula is C11H16ClF3N4O. The van der Waals surface area contributed by atoms with Gasteiger partial charge in [-0.25, -0.2) is 9.97 Å². The molecule has 0 bridgehead atoms. The van der Waals surface area contributed by atoms with Gasteiger partial charge >= 0.3 is 6.18 Å². The normalized spacial score (nSPS) is 18.4. The number of ether oxygens (including phenoxy) is 1. The second kappa shape index (κ2) is 7.16. The summed E-state index contributed by atoms with van der Waals surface area (Å²) in [5.74, 6) is -1.13. The molecule has 0 amide bonds. The van der Waals surface area contributed by atoms with Crippen molar-refractivity contribution in [3.8, 4) is 0 Å². The predicted octanol–water partition coefficient (Wildman–Crippen LogP) is 1.25.